The van der Waals surface area contributed by atoms with E-state index >= 15 is 0 Å². The Kier molecular flexibility index (Phi) is 34.9. The molecule has 4 N–H and O–H groups in total. The number of aromatic nitrogens is 14. The molecule has 3 saturated heterocycles. The average Bonchev–Trinajstić information content (AvgIpc) is 1.74. The van der Waals surface area contributed by atoms with E-state index in [1.165, 1.54) is 73.0 Å². The zero-order chi connectivity index (χ0) is 96.3. The number of methoxy groups -OCH3 is 8. The maximum absolute atomic E-state index is 14.8. The van der Waals surface area contributed by atoms with Crippen molar-refractivity contribution in [3.05, 3.63) is 224 Å². The molecule has 135 heavy (non-hydrogen) atoms. The van der Waals surface area contributed by atoms with Crippen LogP contribution in [0, 0.1) is 35.3 Å². The van der Waals surface area contributed by atoms with Crippen molar-refractivity contribution in [1.82, 2.24) is 89.8 Å². The molecule has 4 amide bonds. The van der Waals surface area contributed by atoms with Gasteiger partial charge in [-0.2, -0.15) is 10.2 Å². The Hall–Kier alpha value is -12.1. The van der Waals surface area contributed by atoms with Crippen LogP contribution in [-0.4, -0.2) is 213 Å². The highest BCUT2D eigenvalue weighted by Crippen LogP contribution is 2.45. The molecule has 0 radical (unpaired) electrons. The first-order valence-electron chi connectivity index (χ1n) is 43.1. The Labute approximate surface area is 806 Å². The van der Waals surface area contributed by atoms with Crippen molar-refractivity contribution in [3.8, 4) is 46.0 Å². The first-order chi connectivity index (χ1) is 65.3. The summed E-state index contributed by atoms with van der Waals surface area (Å²) in [5.74, 6) is 3.44. The van der Waals surface area contributed by atoms with Crippen LogP contribution in [0.5, 0.6) is 46.0 Å². The molecule has 4 aromatic carbocycles. The quantitative estimate of drug-likeness (QED) is 0.0284. The lowest BCUT2D eigenvalue weighted by atomic mass is 9.92. The van der Waals surface area contributed by atoms with E-state index in [-0.39, 0.29) is 95.7 Å². The van der Waals surface area contributed by atoms with Crippen molar-refractivity contribution in [2.24, 2.45) is 23.7 Å². The first kappa shape index (κ1) is 100. The standard InChI is InChI=1S/C24H26Cl2N4O4.C24H26F2N4O4.C23H25Cl2N5O4.C23H25Cl2N5O3/c2*1-4-22(31)29-16-6-8-34-13-14(16)9-21-27-11-18-17(28-21)5-7-30(18)12-15-23(25)19(32-2)10-20(33-3)24(15)26;1-4-21(31)29-15-5-6-34-12-13(15)7-20-26-10-17-16(28-20)9-27-30(17)11-14-22(24)18(32-2)8-19(33-3)23(14)25;1-4-21(31)29-15-7-5-6-13(15)8-20-26-11-17-16(28-20)10-27-30(17)12-14-22(24)18(32-2)9-19(33-3)23(14)25/h2*4-5,7,10-11,14,16H,1,6,8-9,12-13H2,2-3H3,(H,29,31);4,8-10,13,15H,1,5-7,11-12H2,2-3H3,(H,29,31);4,9-11,13,15H,1,5-8,12H2,2-3H3,(H,29,31). The predicted octanol–water partition coefficient (Wildman–Crippen LogP) is 14.7. The number of amides is 4. The van der Waals surface area contributed by atoms with Crippen molar-refractivity contribution in [1.29, 1.82) is 0 Å². The van der Waals surface area contributed by atoms with Gasteiger partial charge < -0.3 is 82.5 Å². The number of hydrogen-bond donors (Lipinski definition) is 4. The molecule has 4 aliphatic rings. The number of fused-ring (bicyclic) bond motifs is 4. The maximum atomic E-state index is 14.8. The largest absolute Gasteiger partial charge is 0.495 e. The van der Waals surface area contributed by atoms with Gasteiger partial charge in [-0.05, 0) is 74.5 Å². The second kappa shape index (κ2) is 46.9. The Morgan fingerprint density at radius 3 is 0.978 bits per heavy atom. The average molecular weight is 1970 g/mol. The van der Waals surface area contributed by atoms with Crippen LogP contribution in [0.3, 0.4) is 0 Å². The molecule has 3 aliphatic heterocycles. The molecule has 0 bridgehead atoms. The summed E-state index contributed by atoms with van der Waals surface area (Å²) in [5, 5.41) is 23.3. The van der Waals surface area contributed by atoms with Gasteiger partial charge in [0.1, 0.15) is 79.9 Å². The molecule has 8 unspecified atom stereocenters. The van der Waals surface area contributed by atoms with Gasteiger partial charge in [0, 0.05) is 141 Å². The number of halogens is 8. The number of hydrogen-bond acceptors (Lipinski definition) is 25. The molecular weight excluding hydrogens is 1870 g/mol. The summed E-state index contributed by atoms with van der Waals surface area (Å²) in [6.07, 6.45) is 26.6. The summed E-state index contributed by atoms with van der Waals surface area (Å²) >= 11 is 39.2. The summed E-state index contributed by atoms with van der Waals surface area (Å²) in [4.78, 5) is 84.0. The third-order valence-corrected chi connectivity index (χ3v) is 26.4. The third-order valence-electron chi connectivity index (χ3n) is 23.9. The number of nitrogens with one attached hydrogen (secondary N) is 4. The molecule has 1 aliphatic carbocycles. The lowest BCUT2D eigenvalue weighted by Crippen LogP contribution is -2.46. The van der Waals surface area contributed by atoms with Crippen LogP contribution >= 0.6 is 69.6 Å². The van der Waals surface area contributed by atoms with Crippen molar-refractivity contribution < 1.29 is 80.1 Å². The summed E-state index contributed by atoms with van der Waals surface area (Å²) in [6.45, 7) is 18.3. The van der Waals surface area contributed by atoms with Gasteiger partial charge in [-0.25, -0.2) is 48.7 Å². The van der Waals surface area contributed by atoms with Gasteiger partial charge in [0.15, 0.2) is 23.1 Å². The molecule has 714 valence electrons. The summed E-state index contributed by atoms with van der Waals surface area (Å²) in [7, 11) is 11.8. The van der Waals surface area contributed by atoms with Gasteiger partial charge in [-0.1, -0.05) is 102 Å². The highest BCUT2D eigenvalue weighted by atomic mass is 35.5. The molecule has 8 aromatic heterocycles. The van der Waals surface area contributed by atoms with E-state index in [0.717, 1.165) is 65.5 Å². The van der Waals surface area contributed by atoms with Crippen LogP contribution < -0.4 is 59.2 Å². The van der Waals surface area contributed by atoms with Crippen molar-refractivity contribution in [2.75, 3.05) is 96.5 Å². The number of ether oxygens (including phenoxy) is 11. The molecule has 33 nitrogen and oxygen atoms in total. The molecular formula is C94H102Cl6F2N18O15. The molecule has 16 rings (SSSR count). The second-order valence-corrected chi connectivity index (χ2v) is 34.2. The van der Waals surface area contributed by atoms with Gasteiger partial charge in [0.05, 0.1) is 198 Å². The fourth-order valence-electron chi connectivity index (χ4n) is 16.6. The van der Waals surface area contributed by atoms with Crippen molar-refractivity contribution in [2.45, 2.75) is 115 Å². The summed E-state index contributed by atoms with van der Waals surface area (Å²) in [6, 6.07) is 9.86. The number of benzene rings is 4. The van der Waals surface area contributed by atoms with Gasteiger partial charge >= 0.3 is 0 Å². The highest BCUT2D eigenvalue weighted by Gasteiger charge is 2.35. The third kappa shape index (κ3) is 23.9. The van der Waals surface area contributed by atoms with Gasteiger partial charge in [-0.15, -0.1) is 0 Å². The Balaban J connectivity index is 0.000000152. The van der Waals surface area contributed by atoms with Gasteiger partial charge in [0.25, 0.3) is 0 Å². The lowest BCUT2D eigenvalue weighted by molar-refractivity contribution is -0.119. The van der Waals surface area contributed by atoms with Crippen molar-refractivity contribution in [3.63, 3.8) is 0 Å². The Bertz CT molecular complexity index is 5780. The molecule has 12 aromatic rings. The first-order valence-corrected chi connectivity index (χ1v) is 45.3. The highest BCUT2D eigenvalue weighted by molar-refractivity contribution is 6.39. The minimum absolute atomic E-state index is 0.00419. The van der Waals surface area contributed by atoms with Gasteiger partial charge in [-0.3, -0.25) is 28.5 Å². The number of nitrogens with zero attached hydrogens (tertiary/aromatic N) is 14. The van der Waals surface area contributed by atoms with Gasteiger partial charge in [0.2, 0.25) is 23.6 Å². The van der Waals surface area contributed by atoms with Crippen LogP contribution in [0.2, 0.25) is 30.1 Å². The minimum Gasteiger partial charge on any atom is -0.495 e. The smallest absolute Gasteiger partial charge is 0.243 e. The van der Waals surface area contributed by atoms with Crippen LogP contribution in [0.25, 0.3) is 44.1 Å². The minimum atomic E-state index is -0.787. The molecule has 0 spiro atoms. The van der Waals surface area contributed by atoms with E-state index in [4.69, 9.17) is 132 Å². The Morgan fingerprint density at radius 1 is 0.378 bits per heavy atom. The fraction of sp³-hybridized carbons (Fsp3) is 0.383. The maximum Gasteiger partial charge on any atom is 0.243 e. The van der Waals surface area contributed by atoms with Crippen molar-refractivity contribution >= 4 is 137 Å². The van der Waals surface area contributed by atoms with Crippen LogP contribution in [0.15, 0.2) is 137 Å². The van der Waals surface area contributed by atoms with E-state index in [9.17, 15) is 28.0 Å². The zero-order valence-electron chi connectivity index (χ0n) is 75.4. The Morgan fingerprint density at radius 2 is 0.659 bits per heavy atom. The monoisotopic (exact) mass is 1970 g/mol. The van der Waals surface area contributed by atoms with E-state index < -0.39 is 11.6 Å². The molecule has 8 atom stereocenters. The fourth-order valence-corrected chi connectivity index (χ4v) is 18.5. The second-order valence-electron chi connectivity index (χ2n) is 31.9. The predicted molar refractivity (Wildman–Crippen MR) is 508 cm³/mol. The summed E-state index contributed by atoms with van der Waals surface area (Å²) in [5.41, 5.74) is 7.57. The van der Waals surface area contributed by atoms with Crippen LogP contribution in [-0.2, 0) is 85.3 Å². The molecule has 4 fully saturated rings. The lowest BCUT2D eigenvalue weighted by Gasteiger charge is -2.31. The van der Waals surface area contributed by atoms with E-state index in [2.05, 4.69) is 87.7 Å². The van der Waals surface area contributed by atoms with E-state index in [1.807, 2.05) is 16.8 Å². The van der Waals surface area contributed by atoms with E-state index in [1.54, 1.807) is 95.8 Å². The zero-order valence-corrected chi connectivity index (χ0v) is 79.9. The number of rotatable bonds is 32. The SMILES string of the molecule is C=CC(=O)NC1CCCC1Cc1ncc2c(cnn2Cc2c(Cl)c(OC)cc(OC)c2Cl)n1.C=CC(=O)NC1CCOCC1Cc1ncc2c(ccn2Cc2c(Cl)c(OC)cc(OC)c2Cl)n1.C=CC(=O)NC1CCOCC1Cc1ncc2c(ccn2Cc2c(F)c(OC)cc(OC)c2F)n1.C=CC(=O)NC1CCOCC1Cc1ncc2c(cnn2Cc2c(Cl)c(OC)cc(OC)c2Cl)n1. The molecule has 41 heteroatoms. The molecule has 11 heterocycles. The summed E-state index contributed by atoms with van der Waals surface area (Å²) < 4.78 is 95.8. The van der Waals surface area contributed by atoms with Crippen LogP contribution in [0.4, 0.5) is 8.78 Å². The van der Waals surface area contributed by atoms with Crippen LogP contribution in [0.1, 0.15) is 84.1 Å². The van der Waals surface area contributed by atoms with E-state index in [0.29, 0.717) is 206 Å². The topological polar surface area (TPSA) is 367 Å². The normalized spacial score (nSPS) is 18.0. The molecule has 1 saturated carbocycles. The number of carbonyl (C=O) groups is 4. The number of carbonyl (C=O) groups excluding carboxylic acids is 4.